The molecule has 1 rings (SSSR count). The summed E-state index contributed by atoms with van der Waals surface area (Å²) in [7, 11) is 1.89. The number of aromatic nitrogens is 1. The zero-order valence-electron chi connectivity index (χ0n) is 20.5. The van der Waals surface area contributed by atoms with Crippen molar-refractivity contribution >= 4 is 23.5 Å². The number of hydrogen-bond donors (Lipinski definition) is 1. The molecule has 178 valence electrons. The van der Waals surface area contributed by atoms with Crippen LogP contribution in [0, 0.1) is 22.7 Å². The first kappa shape index (κ1) is 29.9. The smallest absolute Gasteiger partial charge is 0.235 e. The van der Waals surface area contributed by atoms with Crippen molar-refractivity contribution in [1.29, 1.82) is 10.5 Å². The summed E-state index contributed by atoms with van der Waals surface area (Å²) in [5, 5.41) is 19.4. The molecule has 0 saturated carbocycles. The van der Waals surface area contributed by atoms with Gasteiger partial charge in [-0.25, -0.2) is 4.98 Å². The molecule has 1 amide bonds. The molecule has 0 spiro atoms. The molecular formula is C25H36N6OS. The highest BCUT2D eigenvalue weighted by molar-refractivity contribution is 8.00. The summed E-state index contributed by atoms with van der Waals surface area (Å²) in [6.45, 7) is 21.0. The molecule has 0 bridgehead atoms. The summed E-state index contributed by atoms with van der Waals surface area (Å²) in [5.41, 5.74) is 7.64. The number of nitriles is 2. The minimum Gasteiger partial charge on any atom is -0.368 e. The molecule has 1 unspecified atom stereocenters. The Balaban J connectivity index is 0.00000497. The van der Waals surface area contributed by atoms with Crippen molar-refractivity contribution in [2.24, 2.45) is 5.73 Å². The maximum absolute atomic E-state index is 12.1. The lowest BCUT2D eigenvalue weighted by molar-refractivity contribution is -0.116. The van der Waals surface area contributed by atoms with Crippen LogP contribution in [0.4, 0.5) is 5.82 Å². The molecule has 1 aromatic rings. The number of nitrogens with two attached hydrogens (primary N) is 1. The molecule has 1 aromatic heterocycles. The first-order valence-electron chi connectivity index (χ1n) is 10.9. The van der Waals surface area contributed by atoms with Crippen LogP contribution in [0.15, 0.2) is 42.5 Å². The number of carbonyl (C=O) groups is 1. The van der Waals surface area contributed by atoms with Gasteiger partial charge in [0.15, 0.2) is 0 Å². The maximum Gasteiger partial charge on any atom is 0.235 e. The van der Waals surface area contributed by atoms with Gasteiger partial charge in [-0.05, 0) is 37.6 Å². The third kappa shape index (κ3) is 7.78. The molecule has 0 saturated heterocycles. The number of carbonyl (C=O) groups excluding carboxylic acids is 1. The van der Waals surface area contributed by atoms with Gasteiger partial charge in [0.1, 0.15) is 28.2 Å². The predicted octanol–water partition coefficient (Wildman–Crippen LogP) is 4.05. The molecule has 0 aliphatic rings. The summed E-state index contributed by atoms with van der Waals surface area (Å²) in [6.07, 6.45) is 3.84. The van der Waals surface area contributed by atoms with Crippen molar-refractivity contribution in [3.8, 4) is 12.1 Å². The molecule has 0 aromatic carbocycles. The largest absolute Gasteiger partial charge is 0.368 e. The van der Waals surface area contributed by atoms with E-state index in [1.54, 1.807) is 19.1 Å². The SMILES string of the molecule is C=C.C=C/C(=C\C)C(Sc1nc(N(C)CCN(CC)CC)c(C#N)c(CC)c1C#N)C(N)=O. The highest BCUT2D eigenvalue weighted by Gasteiger charge is 2.26. The summed E-state index contributed by atoms with van der Waals surface area (Å²) >= 11 is 1.12. The molecule has 1 heterocycles. The quantitative estimate of drug-likeness (QED) is 0.280. The lowest BCUT2D eigenvalue weighted by atomic mass is 10.0. The Hall–Kier alpha value is -3.07. The maximum atomic E-state index is 12.1. The number of thioether (sulfide) groups is 1. The van der Waals surface area contributed by atoms with Crippen LogP contribution in [0.3, 0.4) is 0 Å². The Kier molecular flexibility index (Phi) is 14.2. The van der Waals surface area contributed by atoms with Crippen LogP contribution >= 0.6 is 11.8 Å². The first-order chi connectivity index (χ1) is 15.8. The van der Waals surface area contributed by atoms with Gasteiger partial charge in [-0.15, -0.1) is 13.2 Å². The normalized spacial score (nSPS) is 11.6. The second kappa shape index (κ2) is 15.7. The van der Waals surface area contributed by atoms with E-state index in [1.165, 1.54) is 0 Å². The Morgan fingerprint density at radius 1 is 1.18 bits per heavy atom. The van der Waals surface area contributed by atoms with E-state index in [-0.39, 0.29) is 0 Å². The zero-order valence-corrected chi connectivity index (χ0v) is 21.3. The van der Waals surface area contributed by atoms with Crippen LogP contribution in [0.25, 0.3) is 0 Å². The van der Waals surface area contributed by atoms with Gasteiger partial charge in [0.2, 0.25) is 5.91 Å². The van der Waals surface area contributed by atoms with Gasteiger partial charge in [0.25, 0.3) is 0 Å². The van der Waals surface area contributed by atoms with E-state index in [4.69, 9.17) is 5.73 Å². The fourth-order valence-corrected chi connectivity index (χ4v) is 4.39. The van der Waals surface area contributed by atoms with Crippen LogP contribution in [0.5, 0.6) is 0 Å². The van der Waals surface area contributed by atoms with Gasteiger partial charge >= 0.3 is 0 Å². The van der Waals surface area contributed by atoms with Crippen molar-refractivity contribution in [2.45, 2.75) is 44.4 Å². The van der Waals surface area contributed by atoms with Gasteiger partial charge < -0.3 is 15.5 Å². The van der Waals surface area contributed by atoms with Crippen LogP contribution in [0.1, 0.15) is 44.4 Å². The van der Waals surface area contributed by atoms with E-state index in [2.05, 4.69) is 55.6 Å². The number of pyridine rings is 1. The number of primary amides is 1. The van der Waals surface area contributed by atoms with Crippen molar-refractivity contribution in [3.63, 3.8) is 0 Å². The Labute approximate surface area is 203 Å². The zero-order chi connectivity index (χ0) is 25.6. The Bertz CT molecular complexity index is 924. The monoisotopic (exact) mass is 468 g/mol. The molecule has 0 aliphatic heterocycles. The third-order valence-corrected chi connectivity index (χ3v) is 6.45. The Morgan fingerprint density at radius 3 is 2.15 bits per heavy atom. The second-order valence-electron chi connectivity index (χ2n) is 6.89. The molecular weight excluding hydrogens is 432 g/mol. The van der Waals surface area contributed by atoms with Crippen LogP contribution in [-0.2, 0) is 11.2 Å². The van der Waals surface area contributed by atoms with Gasteiger partial charge in [-0.1, -0.05) is 51.3 Å². The van der Waals surface area contributed by atoms with Gasteiger partial charge in [-0.3, -0.25) is 4.79 Å². The van der Waals surface area contributed by atoms with Crippen LogP contribution in [-0.4, -0.2) is 54.3 Å². The second-order valence-corrected chi connectivity index (χ2v) is 7.98. The van der Waals surface area contributed by atoms with E-state index in [0.29, 0.717) is 46.1 Å². The van der Waals surface area contributed by atoms with Crippen molar-refractivity contribution in [1.82, 2.24) is 9.88 Å². The minimum absolute atomic E-state index is 0.315. The molecule has 1 atom stereocenters. The number of nitrogens with zero attached hydrogens (tertiary/aromatic N) is 5. The summed E-state index contributed by atoms with van der Waals surface area (Å²) in [4.78, 5) is 21.0. The number of likely N-dealkylation sites (N-methyl/N-ethyl adjacent to an activating group) is 2. The van der Waals surface area contributed by atoms with Gasteiger partial charge in [0, 0.05) is 20.1 Å². The van der Waals surface area contributed by atoms with E-state index in [9.17, 15) is 15.3 Å². The predicted molar refractivity (Wildman–Crippen MR) is 138 cm³/mol. The highest BCUT2D eigenvalue weighted by Crippen LogP contribution is 2.35. The first-order valence-corrected chi connectivity index (χ1v) is 11.8. The third-order valence-electron chi connectivity index (χ3n) is 5.19. The number of hydrogen-bond acceptors (Lipinski definition) is 7. The van der Waals surface area contributed by atoms with E-state index in [0.717, 1.165) is 31.4 Å². The Morgan fingerprint density at radius 2 is 1.76 bits per heavy atom. The standard InChI is InChI=1S/C23H32N6OS.C2H4/c1-7-16(8-2)20(21(26)30)31-23-19(15-25)17(9-3)18(14-24)22(27-23)28(6)12-13-29(10-4)11-5;1-2/h7-8,20H,1,9-13H2,2-6H3,(H2,26,30);1-2H2/b16-8+;. The fourth-order valence-electron chi connectivity index (χ4n) is 3.26. The molecule has 2 N–H and O–H groups in total. The van der Waals surface area contributed by atoms with Crippen molar-refractivity contribution < 1.29 is 4.79 Å². The van der Waals surface area contributed by atoms with E-state index >= 15 is 0 Å². The van der Waals surface area contributed by atoms with Crippen LogP contribution < -0.4 is 10.6 Å². The van der Waals surface area contributed by atoms with E-state index < -0.39 is 11.2 Å². The lowest BCUT2D eigenvalue weighted by Crippen LogP contribution is -2.34. The van der Waals surface area contributed by atoms with E-state index in [1.807, 2.05) is 18.9 Å². The average molecular weight is 469 g/mol. The molecule has 0 aliphatic carbocycles. The summed E-state index contributed by atoms with van der Waals surface area (Å²) in [6, 6.07) is 4.42. The molecule has 7 nitrogen and oxygen atoms in total. The topological polar surface area (TPSA) is 110 Å². The molecule has 8 heteroatoms. The summed E-state index contributed by atoms with van der Waals surface area (Å²) < 4.78 is 0. The molecule has 0 radical (unpaired) electrons. The fraction of sp³-hybridized carbons (Fsp3) is 0.440. The minimum atomic E-state index is -0.728. The van der Waals surface area contributed by atoms with Gasteiger partial charge in [0.05, 0.1) is 11.1 Å². The molecule has 0 fully saturated rings. The van der Waals surface area contributed by atoms with Crippen molar-refractivity contribution in [2.75, 3.05) is 38.1 Å². The highest BCUT2D eigenvalue weighted by atomic mass is 32.2. The van der Waals surface area contributed by atoms with Crippen LogP contribution in [0.2, 0.25) is 0 Å². The van der Waals surface area contributed by atoms with Crippen molar-refractivity contribution in [3.05, 3.63) is 54.2 Å². The lowest BCUT2D eigenvalue weighted by Gasteiger charge is -2.26. The number of allylic oxidation sites excluding steroid dienone is 2. The number of anilines is 1. The number of amides is 1. The number of rotatable bonds is 12. The average Bonchev–Trinajstić information content (AvgIpc) is 2.84. The van der Waals surface area contributed by atoms with Gasteiger partial charge in [-0.2, -0.15) is 10.5 Å². The molecule has 33 heavy (non-hydrogen) atoms. The summed E-state index contributed by atoms with van der Waals surface area (Å²) in [5.74, 6) is -0.0283.